The summed E-state index contributed by atoms with van der Waals surface area (Å²) in [5.74, 6) is 0. The van der Waals surface area contributed by atoms with E-state index in [1.807, 2.05) is 0 Å². The molecule has 0 aliphatic carbocycles. The van der Waals surface area contributed by atoms with Gasteiger partial charge in [-0.05, 0) is 52.8 Å². The molecular weight excluding hydrogens is 313 g/mol. The SMILES string of the molecule is CC1N(C)c2ccc(I)c(CO)c2C1(C)C. The molecular formula is C13H18INO. The fourth-order valence-corrected chi connectivity index (χ4v) is 3.30. The third kappa shape index (κ3) is 1.48. The van der Waals surface area contributed by atoms with Crippen molar-refractivity contribution in [2.45, 2.75) is 38.8 Å². The van der Waals surface area contributed by atoms with Crippen molar-refractivity contribution in [1.29, 1.82) is 0 Å². The molecule has 1 aliphatic rings. The second-order valence-corrected chi connectivity index (χ2v) is 6.25. The van der Waals surface area contributed by atoms with Gasteiger partial charge in [0.05, 0.1) is 6.61 Å². The number of likely N-dealkylation sites (N-methyl/N-ethyl adjacent to an activating group) is 1. The van der Waals surface area contributed by atoms with Crippen LogP contribution in [-0.4, -0.2) is 18.2 Å². The highest BCUT2D eigenvalue weighted by Gasteiger charge is 2.42. The number of benzene rings is 1. The highest BCUT2D eigenvalue weighted by atomic mass is 127. The third-order valence-corrected chi connectivity index (χ3v) is 5.05. The Labute approximate surface area is 111 Å². The van der Waals surface area contributed by atoms with E-state index < -0.39 is 0 Å². The van der Waals surface area contributed by atoms with Gasteiger partial charge in [-0.25, -0.2) is 0 Å². The fraction of sp³-hybridized carbons (Fsp3) is 0.538. The van der Waals surface area contributed by atoms with Crippen molar-refractivity contribution in [3.63, 3.8) is 0 Å². The normalized spacial score (nSPS) is 22.4. The molecule has 16 heavy (non-hydrogen) atoms. The van der Waals surface area contributed by atoms with Crippen molar-refractivity contribution < 1.29 is 5.11 Å². The summed E-state index contributed by atoms with van der Waals surface area (Å²) in [5.41, 5.74) is 3.78. The molecule has 88 valence electrons. The monoisotopic (exact) mass is 331 g/mol. The molecule has 2 rings (SSSR count). The van der Waals surface area contributed by atoms with E-state index in [0.29, 0.717) is 6.04 Å². The lowest BCUT2D eigenvalue weighted by Crippen LogP contribution is -2.36. The molecule has 1 aliphatic heterocycles. The summed E-state index contributed by atoms with van der Waals surface area (Å²) in [6.07, 6.45) is 0. The molecule has 2 nitrogen and oxygen atoms in total. The van der Waals surface area contributed by atoms with E-state index in [0.717, 1.165) is 9.13 Å². The average Bonchev–Trinajstić information content (AvgIpc) is 2.41. The molecule has 0 amide bonds. The van der Waals surface area contributed by atoms with Gasteiger partial charge in [0.15, 0.2) is 0 Å². The molecule has 3 heteroatoms. The molecule has 0 saturated heterocycles. The third-order valence-electron chi connectivity index (χ3n) is 4.04. The first kappa shape index (κ1) is 12.2. The van der Waals surface area contributed by atoms with Crippen molar-refractivity contribution in [2.24, 2.45) is 0 Å². The second-order valence-electron chi connectivity index (χ2n) is 5.09. The van der Waals surface area contributed by atoms with Gasteiger partial charge in [0.1, 0.15) is 0 Å². The predicted molar refractivity (Wildman–Crippen MR) is 76.0 cm³/mol. The Morgan fingerprint density at radius 2 is 2.06 bits per heavy atom. The van der Waals surface area contributed by atoms with E-state index in [-0.39, 0.29) is 12.0 Å². The van der Waals surface area contributed by atoms with E-state index in [4.69, 9.17) is 0 Å². The Bertz CT molecular complexity index is 428. The lowest BCUT2D eigenvalue weighted by atomic mass is 9.79. The molecule has 0 spiro atoms. The smallest absolute Gasteiger partial charge is 0.0695 e. The van der Waals surface area contributed by atoms with E-state index in [9.17, 15) is 5.11 Å². The lowest BCUT2D eigenvalue weighted by molar-refractivity contribution is 0.277. The minimum Gasteiger partial charge on any atom is -0.392 e. The maximum atomic E-state index is 9.56. The number of anilines is 1. The summed E-state index contributed by atoms with van der Waals surface area (Å²) in [4.78, 5) is 2.31. The summed E-state index contributed by atoms with van der Waals surface area (Å²) in [7, 11) is 2.13. The molecule has 1 aromatic carbocycles. The van der Waals surface area contributed by atoms with Crippen LogP contribution in [0.2, 0.25) is 0 Å². The maximum Gasteiger partial charge on any atom is 0.0695 e. The molecule has 1 aromatic rings. The Hall–Kier alpha value is -0.290. The van der Waals surface area contributed by atoms with Gasteiger partial charge in [0.2, 0.25) is 0 Å². The first-order valence-corrected chi connectivity index (χ1v) is 6.64. The number of aliphatic hydroxyl groups is 1. The van der Waals surface area contributed by atoms with E-state index in [1.54, 1.807) is 0 Å². The van der Waals surface area contributed by atoms with Gasteiger partial charge in [-0.2, -0.15) is 0 Å². The zero-order valence-corrected chi connectivity index (χ0v) is 12.4. The number of fused-ring (bicyclic) bond motifs is 1. The quantitative estimate of drug-likeness (QED) is 0.800. The van der Waals surface area contributed by atoms with Crippen molar-refractivity contribution in [3.05, 3.63) is 26.8 Å². The van der Waals surface area contributed by atoms with Crippen molar-refractivity contribution in [2.75, 3.05) is 11.9 Å². The van der Waals surface area contributed by atoms with Gasteiger partial charge < -0.3 is 10.0 Å². The van der Waals surface area contributed by atoms with Crippen LogP contribution < -0.4 is 4.90 Å². The van der Waals surface area contributed by atoms with Crippen LogP contribution in [-0.2, 0) is 12.0 Å². The number of halogens is 1. The molecule has 0 saturated carbocycles. The number of hydrogen-bond donors (Lipinski definition) is 1. The standard InChI is InChI=1S/C13H18INO/c1-8-13(2,3)12-9(7-16)10(14)5-6-11(12)15(8)4/h5-6,8,16H,7H2,1-4H3. The number of hydrogen-bond acceptors (Lipinski definition) is 2. The zero-order valence-electron chi connectivity index (χ0n) is 10.2. The second kappa shape index (κ2) is 3.88. The van der Waals surface area contributed by atoms with Crippen molar-refractivity contribution in [1.82, 2.24) is 0 Å². The topological polar surface area (TPSA) is 23.5 Å². The Morgan fingerprint density at radius 1 is 1.44 bits per heavy atom. The van der Waals surface area contributed by atoms with Gasteiger partial charge >= 0.3 is 0 Å². The highest BCUT2D eigenvalue weighted by molar-refractivity contribution is 14.1. The molecule has 0 radical (unpaired) electrons. The molecule has 1 unspecified atom stereocenters. The molecule has 0 bridgehead atoms. The summed E-state index contributed by atoms with van der Waals surface area (Å²) < 4.78 is 1.16. The van der Waals surface area contributed by atoms with Crippen LogP contribution in [0.3, 0.4) is 0 Å². The minimum absolute atomic E-state index is 0.101. The van der Waals surface area contributed by atoms with Crippen molar-refractivity contribution >= 4 is 28.3 Å². The van der Waals surface area contributed by atoms with E-state index in [1.165, 1.54) is 11.3 Å². The van der Waals surface area contributed by atoms with Gasteiger partial charge in [-0.3, -0.25) is 0 Å². The minimum atomic E-state index is 0.101. The summed E-state index contributed by atoms with van der Waals surface area (Å²) in [5, 5.41) is 9.56. The largest absolute Gasteiger partial charge is 0.392 e. The zero-order chi connectivity index (χ0) is 12.1. The first-order valence-electron chi connectivity index (χ1n) is 5.56. The summed E-state index contributed by atoms with van der Waals surface area (Å²) in [6, 6.07) is 4.72. The molecule has 1 atom stereocenters. The first-order chi connectivity index (χ1) is 7.41. The van der Waals surface area contributed by atoms with Gasteiger partial charge in [-0.15, -0.1) is 0 Å². The summed E-state index contributed by atoms with van der Waals surface area (Å²) in [6.45, 7) is 6.89. The Kier molecular flexibility index (Phi) is 2.95. The molecule has 0 aromatic heterocycles. The van der Waals surface area contributed by atoms with Crippen LogP contribution in [0.1, 0.15) is 31.9 Å². The Morgan fingerprint density at radius 3 is 2.62 bits per heavy atom. The summed E-state index contributed by atoms with van der Waals surface area (Å²) >= 11 is 2.31. The van der Waals surface area contributed by atoms with Crippen LogP contribution in [0.5, 0.6) is 0 Å². The van der Waals surface area contributed by atoms with Crippen LogP contribution in [0.4, 0.5) is 5.69 Å². The number of rotatable bonds is 1. The number of aliphatic hydroxyl groups excluding tert-OH is 1. The van der Waals surface area contributed by atoms with Crippen LogP contribution >= 0.6 is 22.6 Å². The average molecular weight is 331 g/mol. The maximum absolute atomic E-state index is 9.56. The van der Waals surface area contributed by atoms with Crippen LogP contribution in [0, 0.1) is 3.57 Å². The van der Waals surface area contributed by atoms with E-state index >= 15 is 0 Å². The molecule has 1 N–H and O–H groups in total. The Balaban J connectivity index is 2.73. The van der Waals surface area contributed by atoms with Gasteiger partial charge in [-0.1, -0.05) is 13.8 Å². The lowest BCUT2D eigenvalue weighted by Gasteiger charge is -2.29. The highest BCUT2D eigenvalue weighted by Crippen LogP contribution is 2.46. The van der Waals surface area contributed by atoms with Crippen LogP contribution in [0.15, 0.2) is 12.1 Å². The predicted octanol–water partition coefficient (Wildman–Crippen LogP) is 2.90. The van der Waals surface area contributed by atoms with Crippen molar-refractivity contribution in [3.8, 4) is 0 Å². The van der Waals surface area contributed by atoms with Crippen LogP contribution in [0.25, 0.3) is 0 Å². The van der Waals surface area contributed by atoms with Gasteiger partial charge in [0.25, 0.3) is 0 Å². The molecule has 0 fully saturated rings. The van der Waals surface area contributed by atoms with Gasteiger partial charge in [0, 0.05) is 27.8 Å². The fourth-order valence-electron chi connectivity index (χ4n) is 2.68. The van der Waals surface area contributed by atoms with E-state index in [2.05, 4.69) is 67.4 Å². The molecule has 1 heterocycles. The number of nitrogens with zero attached hydrogens (tertiary/aromatic N) is 1.